The molecule has 0 radical (unpaired) electrons. The zero-order chi connectivity index (χ0) is 12.8. The van der Waals surface area contributed by atoms with E-state index in [1.165, 1.54) is 38.5 Å². The number of nitrogens with zero attached hydrogens (tertiary/aromatic N) is 1. The number of likely N-dealkylation sites (tertiary alicyclic amines) is 1. The van der Waals surface area contributed by atoms with Gasteiger partial charge in [0.2, 0.25) is 5.91 Å². The van der Waals surface area contributed by atoms with Crippen LogP contribution >= 0.6 is 0 Å². The molecule has 1 saturated carbocycles. The predicted octanol–water partition coefficient (Wildman–Crippen LogP) is 2.99. The van der Waals surface area contributed by atoms with Crippen molar-refractivity contribution in [3.05, 3.63) is 0 Å². The van der Waals surface area contributed by atoms with Gasteiger partial charge < -0.3 is 9.64 Å². The van der Waals surface area contributed by atoms with E-state index < -0.39 is 0 Å². The lowest BCUT2D eigenvalue weighted by Crippen LogP contribution is -2.49. The third-order valence-electron chi connectivity index (χ3n) is 4.69. The van der Waals surface area contributed by atoms with Gasteiger partial charge in [-0.2, -0.15) is 0 Å². The number of hydrogen-bond acceptors (Lipinski definition) is 2. The van der Waals surface area contributed by atoms with Crippen LogP contribution in [0.3, 0.4) is 0 Å². The van der Waals surface area contributed by atoms with E-state index in [0.717, 1.165) is 39.0 Å². The Labute approximate surface area is 111 Å². The molecule has 18 heavy (non-hydrogen) atoms. The molecule has 3 heteroatoms. The van der Waals surface area contributed by atoms with Crippen molar-refractivity contribution in [3.63, 3.8) is 0 Å². The highest BCUT2D eigenvalue weighted by molar-refractivity contribution is 5.83. The second kappa shape index (κ2) is 6.55. The van der Waals surface area contributed by atoms with Crippen LogP contribution in [0.1, 0.15) is 57.8 Å². The molecule has 0 aromatic rings. The van der Waals surface area contributed by atoms with E-state index in [1.807, 2.05) is 0 Å². The van der Waals surface area contributed by atoms with Gasteiger partial charge in [-0.05, 0) is 32.1 Å². The topological polar surface area (TPSA) is 29.5 Å². The molecule has 0 bridgehead atoms. The Morgan fingerprint density at radius 3 is 2.17 bits per heavy atom. The first kappa shape index (κ1) is 13.9. The molecule has 0 aromatic heterocycles. The molecule has 2 aliphatic rings. The zero-order valence-electron chi connectivity index (χ0n) is 11.7. The zero-order valence-corrected chi connectivity index (χ0v) is 11.7. The smallest absolute Gasteiger partial charge is 0.228 e. The Balaban J connectivity index is 1.94. The molecule has 0 unspecified atom stereocenters. The lowest BCUT2D eigenvalue weighted by atomic mass is 9.65. The van der Waals surface area contributed by atoms with Gasteiger partial charge in [-0.15, -0.1) is 0 Å². The molecule has 1 aliphatic carbocycles. The Bertz CT molecular complexity index is 266. The van der Waals surface area contributed by atoms with Crippen LogP contribution in [-0.4, -0.2) is 37.6 Å². The van der Waals surface area contributed by atoms with E-state index in [1.54, 1.807) is 7.11 Å². The standard InChI is InChI=1S/C15H27NO2/c1-18-13-10-15(8-7-9-15)14(17)16-11-5-3-2-4-6-12-16/h2-13H2,1H3. The fourth-order valence-corrected chi connectivity index (χ4v) is 3.26. The maximum absolute atomic E-state index is 12.7. The maximum atomic E-state index is 12.7. The lowest BCUT2D eigenvalue weighted by molar-refractivity contribution is -0.149. The third-order valence-corrected chi connectivity index (χ3v) is 4.69. The summed E-state index contributed by atoms with van der Waals surface area (Å²) in [5, 5.41) is 0. The highest BCUT2D eigenvalue weighted by atomic mass is 16.5. The molecule has 104 valence electrons. The molecule has 2 fully saturated rings. The first-order valence-electron chi connectivity index (χ1n) is 7.57. The van der Waals surface area contributed by atoms with Gasteiger partial charge in [0.25, 0.3) is 0 Å². The summed E-state index contributed by atoms with van der Waals surface area (Å²) in [6.07, 6.45) is 10.6. The SMILES string of the molecule is COCCC1(C(=O)N2CCCCCCC2)CCC1. The predicted molar refractivity (Wildman–Crippen MR) is 72.4 cm³/mol. The third kappa shape index (κ3) is 3.05. The van der Waals surface area contributed by atoms with Gasteiger partial charge in [0.05, 0.1) is 5.41 Å². The Hall–Kier alpha value is -0.570. The average Bonchev–Trinajstić information content (AvgIpc) is 2.27. The number of methoxy groups -OCH3 is 1. The van der Waals surface area contributed by atoms with Crippen LogP contribution < -0.4 is 0 Å². The summed E-state index contributed by atoms with van der Waals surface area (Å²) >= 11 is 0. The van der Waals surface area contributed by atoms with Crippen molar-refractivity contribution < 1.29 is 9.53 Å². The molecular formula is C15H27NO2. The van der Waals surface area contributed by atoms with Crippen LogP contribution in [-0.2, 0) is 9.53 Å². The summed E-state index contributed by atoms with van der Waals surface area (Å²) < 4.78 is 5.18. The van der Waals surface area contributed by atoms with Gasteiger partial charge >= 0.3 is 0 Å². The minimum Gasteiger partial charge on any atom is -0.385 e. The number of carbonyl (C=O) groups excluding carboxylic acids is 1. The monoisotopic (exact) mass is 253 g/mol. The number of ether oxygens (including phenoxy) is 1. The normalized spacial score (nSPS) is 23.9. The average molecular weight is 253 g/mol. The summed E-state index contributed by atoms with van der Waals surface area (Å²) in [7, 11) is 1.73. The number of carbonyl (C=O) groups is 1. The van der Waals surface area contributed by atoms with E-state index in [2.05, 4.69) is 4.90 Å². The molecule has 0 spiro atoms. The second-order valence-corrected chi connectivity index (χ2v) is 5.94. The van der Waals surface area contributed by atoms with Gasteiger partial charge in [0.1, 0.15) is 0 Å². The van der Waals surface area contributed by atoms with E-state index in [-0.39, 0.29) is 5.41 Å². The summed E-state index contributed by atoms with van der Waals surface area (Å²) in [6, 6.07) is 0. The minimum absolute atomic E-state index is 0.0603. The second-order valence-electron chi connectivity index (χ2n) is 5.94. The van der Waals surface area contributed by atoms with Gasteiger partial charge in [-0.1, -0.05) is 25.7 Å². The number of amides is 1. The quantitative estimate of drug-likeness (QED) is 0.771. The van der Waals surface area contributed by atoms with Crippen molar-refractivity contribution in [3.8, 4) is 0 Å². The summed E-state index contributed by atoms with van der Waals surface area (Å²) in [5.74, 6) is 0.424. The minimum atomic E-state index is -0.0603. The van der Waals surface area contributed by atoms with Crippen LogP contribution in [0.2, 0.25) is 0 Å². The van der Waals surface area contributed by atoms with Gasteiger partial charge in [0, 0.05) is 26.8 Å². The molecule has 0 N–H and O–H groups in total. The van der Waals surface area contributed by atoms with Crippen molar-refractivity contribution >= 4 is 5.91 Å². The van der Waals surface area contributed by atoms with E-state index in [4.69, 9.17) is 4.74 Å². The molecular weight excluding hydrogens is 226 g/mol. The first-order chi connectivity index (χ1) is 8.78. The van der Waals surface area contributed by atoms with Crippen LogP contribution in [0, 0.1) is 5.41 Å². The van der Waals surface area contributed by atoms with Crippen molar-refractivity contribution in [2.75, 3.05) is 26.8 Å². The first-order valence-corrected chi connectivity index (χ1v) is 7.57. The molecule has 1 saturated heterocycles. The van der Waals surface area contributed by atoms with Crippen molar-refractivity contribution in [1.82, 2.24) is 4.90 Å². The van der Waals surface area contributed by atoms with Crippen molar-refractivity contribution in [1.29, 1.82) is 0 Å². The van der Waals surface area contributed by atoms with Crippen molar-refractivity contribution in [2.45, 2.75) is 57.8 Å². The molecule has 1 aliphatic heterocycles. The largest absolute Gasteiger partial charge is 0.385 e. The molecule has 1 heterocycles. The number of rotatable bonds is 4. The molecule has 1 amide bonds. The van der Waals surface area contributed by atoms with Gasteiger partial charge in [-0.3, -0.25) is 4.79 Å². The molecule has 0 atom stereocenters. The van der Waals surface area contributed by atoms with Crippen LogP contribution in [0.25, 0.3) is 0 Å². The summed E-state index contributed by atoms with van der Waals surface area (Å²) in [5.41, 5.74) is -0.0603. The molecule has 0 aromatic carbocycles. The fourth-order valence-electron chi connectivity index (χ4n) is 3.26. The Morgan fingerprint density at radius 2 is 1.67 bits per heavy atom. The van der Waals surface area contributed by atoms with E-state index in [9.17, 15) is 4.79 Å². The van der Waals surface area contributed by atoms with Gasteiger partial charge in [-0.25, -0.2) is 0 Å². The molecule has 3 nitrogen and oxygen atoms in total. The Morgan fingerprint density at radius 1 is 1.06 bits per heavy atom. The van der Waals surface area contributed by atoms with Crippen LogP contribution in [0.4, 0.5) is 0 Å². The van der Waals surface area contributed by atoms with E-state index >= 15 is 0 Å². The Kier molecular flexibility index (Phi) is 5.04. The van der Waals surface area contributed by atoms with Crippen molar-refractivity contribution in [2.24, 2.45) is 5.41 Å². The highest BCUT2D eigenvalue weighted by Crippen LogP contribution is 2.45. The summed E-state index contributed by atoms with van der Waals surface area (Å²) in [6.45, 7) is 2.68. The maximum Gasteiger partial charge on any atom is 0.228 e. The van der Waals surface area contributed by atoms with E-state index in [0.29, 0.717) is 5.91 Å². The number of hydrogen-bond donors (Lipinski definition) is 0. The highest BCUT2D eigenvalue weighted by Gasteiger charge is 2.45. The van der Waals surface area contributed by atoms with Crippen LogP contribution in [0.5, 0.6) is 0 Å². The lowest BCUT2D eigenvalue weighted by Gasteiger charge is -2.44. The fraction of sp³-hybridized carbons (Fsp3) is 0.933. The summed E-state index contributed by atoms with van der Waals surface area (Å²) in [4.78, 5) is 14.9. The van der Waals surface area contributed by atoms with Gasteiger partial charge in [0.15, 0.2) is 0 Å². The molecule has 2 rings (SSSR count). The van der Waals surface area contributed by atoms with Crippen LogP contribution in [0.15, 0.2) is 0 Å².